The number of aryl methyl sites for hydroxylation is 1. The summed E-state index contributed by atoms with van der Waals surface area (Å²) in [5.74, 6) is 0.907. The smallest absolute Gasteiger partial charge is 0.118 e. The lowest BCUT2D eigenvalue weighted by Gasteiger charge is -2.24. The summed E-state index contributed by atoms with van der Waals surface area (Å²) in [4.78, 5) is 0. The van der Waals surface area contributed by atoms with Gasteiger partial charge in [-0.2, -0.15) is 0 Å². The molecule has 1 N–H and O–H groups in total. The maximum absolute atomic E-state index is 5.82. The van der Waals surface area contributed by atoms with E-state index in [1.807, 2.05) is 19.2 Å². The Morgan fingerprint density at radius 3 is 2.26 bits per heavy atom. The van der Waals surface area contributed by atoms with Crippen molar-refractivity contribution in [3.8, 4) is 5.75 Å². The molecular formula is C16H27NO2. The Morgan fingerprint density at radius 2 is 1.79 bits per heavy atom. The van der Waals surface area contributed by atoms with Gasteiger partial charge in [0.05, 0.1) is 19.3 Å². The molecule has 0 aliphatic carbocycles. The normalized spacial score (nSPS) is 13.3. The van der Waals surface area contributed by atoms with Crippen LogP contribution in [0.4, 0.5) is 0 Å². The number of ether oxygens (including phenoxy) is 2. The molecule has 0 radical (unpaired) electrons. The number of rotatable bonds is 7. The summed E-state index contributed by atoms with van der Waals surface area (Å²) in [6.45, 7) is 7.01. The lowest BCUT2D eigenvalue weighted by atomic mass is 10.1. The molecule has 0 saturated carbocycles. The molecule has 0 aromatic heterocycles. The van der Waals surface area contributed by atoms with Crippen LogP contribution in [0.15, 0.2) is 24.3 Å². The van der Waals surface area contributed by atoms with Gasteiger partial charge in [0.2, 0.25) is 0 Å². The Labute approximate surface area is 117 Å². The number of benzene rings is 1. The van der Waals surface area contributed by atoms with Gasteiger partial charge in [-0.15, -0.1) is 0 Å². The second-order valence-electron chi connectivity index (χ2n) is 5.80. The van der Waals surface area contributed by atoms with Crippen molar-refractivity contribution in [2.45, 2.75) is 45.3 Å². The fourth-order valence-corrected chi connectivity index (χ4v) is 1.79. The third kappa shape index (κ3) is 6.60. The topological polar surface area (TPSA) is 30.5 Å². The van der Waals surface area contributed by atoms with Crippen LogP contribution in [0.2, 0.25) is 0 Å². The van der Waals surface area contributed by atoms with Crippen molar-refractivity contribution in [2.75, 3.05) is 20.8 Å². The first kappa shape index (κ1) is 16.0. The molecule has 0 aliphatic rings. The minimum atomic E-state index is -0.0742. The Hall–Kier alpha value is -1.06. The zero-order valence-electron chi connectivity index (χ0n) is 12.8. The van der Waals surface area contributed by atoms with Crippen molar-refractivity contribution >= 4 is 0 Å². The molecule has 0 fully saturated rings. The van der Waals surface area contributed by atoms with E-state index in [0.717, 1.165) is 25.2 Å². The van der Waals surface area contributed by atoms with Crippen molar-refractivity contribution in [1.82, 2.24) is 5.32 Å². The quantitative estimate of drug-likeness (QED) is 0.822. The number of methoxy groups -OCH3 is 1. The van der Waals surface area contributed by atoms with E-state index in [9.17, 15) is 0 Å². The molecule has 0 spiro atoms. The zero-order chi connectivity index (χ0) is 14.3. The highest BCUT2D eigenvalue weighted by Crippen LogP contribution is 2.14. The van der Waals surface area contributed by atoms with Gasteiger partial charge in [-0.05, 0) is 58.4 Å². The van der Waals surface area contributed by atoms with Crippen LogP contribution < -0.4 is 10.1 Å². The molecule has 19 heavy (non-hydrogen) atoms. The predicted molar refractivity (Wildman–Crippen MR) is 79.9 cm³/mol. The van der Waals surface area contributed by atoms with Gasteiger partial charge in [0.1, 0.15) is 5.75 Å². The van der Waals surface area contributed by atoms with Gasteiger partial charge in [0.25, 0.3) is 0 Å². The molecule has 3 heteroatoms. The largest absolute Gasteiger partial charge is 0.497 e. The SMILES string of the molecule is CNC(CCc1ccc(OC)cc1)COC(C)(C)C. The number of hydrogen-bond acceptors (Lipinski definition) is 3. The van der Waals surface area contributed by atoms with Crippen molar-refractivity contribution in [3.05, 3.63) is 29.8 Å². The van der Waals surface area contributed by atoms with Gasteiger partial charge in [0, 0.05) is 6.04 Å². The van der Waals surface area contributed by atoms with E-state index in [4.69, 9.17) is 9.47 Å². The summed E-state index contributed by atoms with van der Waals surface area (Å²) >= 11 is 0. The van der Waals surface area contributed by atoms with Crippen LogP contribution in [-0.2, 0) is 11.2 Å². The molecule has 0 amide bonds. The minimum absolute atomic E-state index is 0.0742. The summed E-state index contributed by atoms with van der Waals surface area (Å²) in [6, 6.07) is 8.65. The molecule has 0 bridgehead atoms. The first-order chi connectivity index (χ1) is 8.94. The first-order valence-corrected chi connectivity index (χ1v) is 6.89. The van der Waals surface area contributed by atoms with Gasteiger partial charge < -0.3 is 14.8 Å². The fourth-order valence-electron chi connectivity index (χ4n) is 1.79. The molecule has 0 heterocycles. The van der Waals surface area contributed by atoms with Gasteiger partial charge >= 0.3 is 0 Å². The van der Waals surface area contributed by atoms with E-state index in [0.29, 0.717) is 6.04 Å². The Bertz CT molecular complexity index is 354. The zero-order valence-corrected chi connectivity index (χ0v) is 12.8. The van der Waals surface area contributed by atoms with Crippen LogP contribution in [0.25, 0.3) is 0 Å². The van der Waals surface area contributed by atoms with Crippen LogP contribution in [0.3, 0.4) is 0 Å². The van der Waals surface area contributed by atoms with Crippen molar-refractivity contribution in [1.29, 1.82) is 0 Å². The van der Waals surface area contributed by atoms with Crippen molar-refractivity contribution < 1.29 is 9.47 Å². The molecule has 0 saturated heterocycles. The molecule has 1 aromatic carbocycles. The summed E-state index contributed by atoms with van der Waals surface area (Å²) in [6.07, 6.45) is 2.11. The van der Waals surface area contributed by atoms with Gasteiger partial charge in [-0.3, -0.25) is 0 Å². The highest BCUT2D eigenvalue weighted by Gasteiger charge is 2.14. The third-order valence-electron chi connectivity index (χ3n) is 3.07. The fraction of sp³-hybridized carbons (Fsp3) is 0.625. The van der Waals surface area contributed by atoms with Crippen LogP contribution in [0.1, 0.15) is 32.8 Å². The molecule has 1 atom stereocenters. The summed E-state index contributed by atoms with van der Waals surface area (Å²) in [7, 11) is 3.68. The van der Waals surface area contributed by atoms with E-state index in [-0.39, 0.29) is 5.60 Å². The van der Waals surface area contributed by atoms with Crippen LogP contribution >= 0.6 is 0 Å². The maximum Gasteiger partial charge on any atom is 0.118 e. The maximum atomic E-state index is 5.82. The van der Waals surface area contributed by atoms with Crippen LogP contribution in [0.5, 0.6) is 5.75 Å². The number of hydrogen-bond donors (Lipinski definition) is 1. The van der Waals surface area contributed by atoms with Crippen LogP contribution in [-0.4, -0.2) is 32.4 Å². The van der Waals surface area contributed by atoms with Gasteiger partial charge in [0.15, 0.2) is 0 Å². The van der Waals surface area contributed by atoms with E-state index in [1.165, 1.54) is 5.56 Å². The first-order valence-electron chi connectivity index (χ1n) is 6.89. The van der Waals surface area contributed by atoms with Gasteiger partial charge in [-0.1, -0.05) is 12.1 Å². The standard InChI is InChI=1S/C16H27NO2/c1-16(2,3)19-12-14(17-4)9-6-13-7-10-15(18-5)11-8-13/h7-8,10-11,14,17H,6,9,12H2,1-5H3. The van der Waals surface area contributed by atoms with Gasteiger partial charge in [-0.25, -0.2) is 0 Å². The monoisotopic (exact) mass is 265 g/mol. The summed E-state index contributed by atoms with van der Waals surface area (Å²) in [5.41, 5.74) is 1.26. The van der Waals surface area contributed by atoms with E-state index in [2.05, 4.69) is 38.2 Å². The number of likely N-dealkylation sites (N-methyl/N-ethyl adjacent to an activating group) is 1. The molecular weight excluding hydrogens is 238 g/mol. The van der Waals surface area contributed by atoms with E-state index in [1.54, 1.807) is 7.11 Å². The highest BCUT2D eigenvalue weighted by molar-refractivity contribution is 5.27. The lowest BCUT2D eigenvalue weighted by Crippen LogP contribution is -2.34. The third-order valence-corrected chi connectivity index (χ3v) is 3.07. The molecule has 0 aliphatic heterocycles. The predicted octanol–water partition coefficient (Wildman–Crippen LogP) is 3.03. The average molecular weight is 265 g/mol. The van der Waals surface area contributed by atoms with E-state index >= 15 is 0 Å². The molecule has 3 nitrogen and oxygen atoms in total. The summed E-state index contributed by atoms with van der Waals surface area (Å²) < 4.78 is 11.0. The Morgan fingerprint density at radius 1 is 1.16 bits per heavy atom. The Balaban J connectivity index is 2.39. The summed E-state index contributed by atoms with van der Waals surface area (Å²) in [5, 5.41) is 3.32. The lowest BCUT2D eigenvalue weighted by molar-refractivity contribution is -0.0144. The molecule has 1 aromatic rings. The average Bonchev–Trinajstić information content (AvgIpc) is 2.38. The molecule has 108 valence electrons. The minimum Gasteiger partial charge on any atom is -0.497 e. The highest BCUT2D eigenvalue weighted by atomic mass is 16.5. The molecule has 1 rings (SSSR count). The van der Waals surface area contributed by atoms with Crippen molar-refractivity contribution in [2.24, 2.45) is 0 Å². The second kappa shape index (κ2) is 7.51. The number of nitrogens with one attached hydrogen (secondary N) is 1. The van der Waals surface area contributed by atoms with E-state index < -0.39 is 0 Å². The second-order valence-corrected chi connectivity index (χ2v) is 5.80. The van der Waals surface area contributed by atoms with Crippen molar-refractivity contribution in [3.63, 3.8) is 0 Å². The van der Waals surface area contributed by atoms with Crippen LogP contribution in [0, 0.1) is 0 Å². The Kier molecular flexibility index (Phi) is 6.32. The molecule has 1 unspecified atom stereocenters.